The van der Waals surface area contributed by atoms with E-state index in [1.54, 1.807) is 6.26 Å². The molecule has 2 rings (SSSR count). The predicted molar refractivity (Wildman–Crippen MR) is 64.0 cm³/mol. The average Bonchev–Trinajstić information content (AvgIpc) is 2.38. The minimum atomic E-state index is -0.347. The van der Waals surface area contributed by atoms with Gasteiger partial charge in [-0.3, -0.25) is 0 Å². The summed E-state index contributed by atoms with van der Waals surface area (Å²) in [6.07, 6.45) is 5.07. The Labute approximate surface area is 96.6 Å². The SMILES string of the molecule is OC(CCc1ccccc1)C1=COCCC1. The molecule has 0 aliphatic carbocycles. The first-order valence-corrected chi connectivity index (χ1v) is 5.89. The van der Waals surface area contributed by atoms with Crippen LogP contribution < -0.4 is 0 Å². The van der Waals surface area contributed by atoms with Crippen LogP contribution in [-0.2, 0) is 11.2 Å². The second-order valence-corrected chi connectivity index (χ2v) is 4.21. The molecule has 1 N–H and O–H groups in total. The molecule has 1 heterocycles. The van der Waals surface area contributed by atoms with Gasteiger partial charge in [0.05, 0.1) is 19.0 Å². The summed E-state index contributed by atoms with van der Waals surface area (Å²) in [7, 11) is 0. The molecule has 1 aromatic rings. The van der Waals surface area contributed by atoms with E-state index in [0.29, 0.717) is 0 Å². The smallest absolute Gasteiger partial charge is 0.0876 e. The molecule has 16 heavy (non-hydrogen) atoms. The summed E-state index contributed by atoms with van der Waals surface area (Å²) in [6, 6.07) is 10.3. The lowest BCUT2D eigenvalue weighted by Crippen LogP contribution is -2.15. The van der Waals surface area contributed by atoms with Crippen LogP contribution in [0.2, 0.25) is 0 Å². The Bertz CT molecular complexity index is 343. The van der Waals surface area contributed by atoms with Gasteiger partial charge in [0.1, 0.15) is 0 Å². The molecule has 2 nitrogen and oxygen atoms in total. The van der Waals surface area contributed by atoms with Gasteiger partial charge in [0.15, 0.2) is 0 Å². The molecule has 1 aromatic carbocycles. The van der Waals surface area contributed by atoms with Gasteiger partial charge in [0.25, 0.3) is 0 Å². The highest BCUT2D eigenvalue weighted by atomic mass is 16.5. The van der Waals surface area contributed by atoms with Gasteiger partial charge in [-0.15, -0.1) is 0 Å². The molecular formula is C14H18O2. The summed E-state index contributed by atoms with van der Waals surface area (Å²) in [4.78, 5) is 0. The molecular weight excluding hydrogens is 200 g/mol. The second kappa shape index (κ2) is 5.71. The van der Waals surface area contributed by atoms with E-state index in [4.69, 9.17) is 4.74 Å². The number of aliphatic hydroxyl groups is 1. The third kappa shape index (κ3) is 3.11. The van der Waals surface area contributed by atoms with Gasteiger partial charge in [-0.05, 0) is 36.8 Å². The molecule has 1 aliphatic heterocycles. The van der Waals surface area contributed by atoms with E-state index in [1.807, 2.05) is 18.2 Å². The van der Waals surface area contributed by atoms with Crippen molar-refractivity contribution in [3.05, 3.63) is 47.7 Å². The van der Waals surface area contributed by atoms with E-state index in [1.165, 1.54) is 5.56 Å². The average molecular weight is 218 g/mol. The van der Waals surface area contributed by atoms with Crippen molar-refractivity contribution < 1.29 is 9.84 Å². The Hall–Kier alpha value is -1.28. The van der Waals surface area contributed by atoms with Crippen molar-refractivity contribution in [3.8, 4) is 0 Å². The highest BCUT2D eigenvalue weighted by molar-refractivity contribution is 5.16. The molecule has 1 unspecified atom stereocenters. The van der Waals surface area contributed by atoms with E-state index >= 15 is 0 Å². The lowest BCUT2D eigenvalue weighted by molar-refractivity contribution is 0.162. The van der Waals surface area contributed by atoms with Crippen molar-refractivity contribution in [2.45, 2.75) is 31.8 Å². The molecule has 0 amide bonds. The van der Waals surface area contributed by atoms with Crippen LogP contribution in [0.3, 0.4) is 0 Å². The summed E-state index contributed by atoms with van der Waals surface area (Å²) < 4.78 is 5.23. The molecule has 0 aromatic heterocycles. The topological polar surface area (TPSA) is 29.5 Å². The number of benzene rings is 1. The Morgan fingerprint density at radius 3 is 2.75 bits per heavy atom. The van der Waals surface area contributed by atoms with E-state index < -0.39 is 0 Å². The van der Waals surface area contributed by atoms with Crippen molar-refractivity contribution in [1.29, 1.82) is 0 Å². The first kappa shape index (κ1) is 11.2. The van der Waals surface area contributed by atoms with E-state index in [0.717, 1.165) is 37.9 Å². The van der Waals surface area contributed by atoms with Crippen LogP contribution in [0.5, 0.6) is 0 Å². The maximum atomic E-state index is 9.99. The fourth-order valence-corrected chi connectivity index (χ4v) is 1.96. The number of aryl methyl sites for hydroxylation is 1. The van der Waals surface area contributed by atoms with Gasteiger partial charge >= 0.3 is 0 Å². The highest BCUT2D eigenvalue weighted by Crippen LogP contribution is 2.19. The zero-order chi connectivity index (χ0) is 11.2. The van der Waals surface area contributed by atoms with Crippen LogP contribution in [-0.4, -0.2) is 17.8 Å². The first-order chi connectivity index (χ1) is 7.86. The highest BCUT2D eigenvalue weighted by Gasteiger charge is 2.13. The summed E-state index contributed by atoms with van der Waals surface area (Å²) >= 11 is 0. The summed E-state index contributed by atoms with van der Waals surface area (Å²) in [5.74, 6) is 0. The Morgan fingerprint density at radius 1 is 1.25 bits per heavy atom. The molecule has 0 saturated carbocycles. The molecule has 86 valence electrons. The lowest BCUT2D eigenvalue weighted by Gasteiger charge is -2.18. The van der Waals surface area contributed by atoms with E-state index in [-0.39, 0.29) is 6.10 Å². The van der Waals surface area contributed by atoms with Crippen molar-refractivity contribution in [2.75, 3.05) is 6.61 Å². The maximum Gasteiger partial charge on any atom is 0.0876 e. The Kier molecular flexibility index (Phi) is 4.00. The number of hydrogen-bond donors (Lipinski definition) is 1. The fraction of sp³-hybridized carbons (Fsp3) is 0.429. The van der Waals surface area contributed by atoms with Crippen LogP contribution in [0.15, 0.2) is 42.2 Å². The van der Waals surface area contributed by atoms with Crippen LogP contribution in [0.25, 0.3) is 0 Å². The van der Waals surface area contributed by atoms with Crippen molar-refractivity contribution in [1.82, 2.24) is 0 Å². The standard InChI is InChI=1S/C14H18O2/c15-14(13-7-4-10-16-11-13)9-8-12-5-2-1-3-6-12/h1-3,5-6,11,14-15H,4,7-10H2. The molecule has 0 bridgehead atoms. The van der Waals surface area contributed by atoms with Gasteiger partial charge in [0.2, 0.25) is 0 Å². The first-order valence-electron chi connectivity index (χ1n) is 5.89. The number of hydrogen-bond acceptors (Lipinski definition) is 2. The summed E-state index contributed by atoms with van der Waals surface area (Å²) in [6.45, 7) is 0.787. The van der Waals surface area contributed by atoms with Gasteiger partial charge in [-0.1, -0.05) is 30.3 Å². The van der Waals surface area contributed by atoms with Crippen molar-refractivity contribution in [3.63, 3.8) is 0 Å². The summed E-state index contributed by atoms with van der Waals surface area (Å²) in [5.41, 5.74) is 2.32. The monoisotopic (exact) mass is 218 g/mol. The predicted octanol–water partition coefficient (Wildman–Crippen LogP) is 2.67. The maximum absolute atomic E-state index is 9.99. The van der Waals surface area contributed by atoms with Crippen LogP contribution in [0.4, 0.5) is 0 Å². The largest absolute Gasteiger partial charge is 0.501 e. The minimum absolute atomic E-state index is 0.347. The summed E-state index contributed by atoms with van der Waals surface area (Å²) in [5, 5.41) is 9.99. The van der Waals surface area contributed by atoms with Crippen molar-refractivity contribution in [2.24, 2.45) is 0 Å². The fourth-order valence-electron chi connectivity index (χ4n) is 1.96. The van der Waals surface area contributed by atoms with E-state index in [2.05, 4.69) is 12.1 Å². The molecule has 1 atom stereocenters. The Balaban J connectivity index is 1.83. The molecule has 0 spiro atoms. The second-order valence-electron chi connectivity index (χ2n) is 4.21. The van der Waals surface area contributed by atoms with Crippen LogP contribution in [0.1, 0.15) is 24.8 Å². The van der Waals surface area contributed by atoms with Crippen molar-refractivity contribution >= 4 is 0 Å². The quantitative estimate of drug-likeness (QED) is 0.842. The van der Waals surface area contributed by atoms with E-state index in [9.17, 15) is 5.11 Å². The third-order valence-electron chi connectivity index (χ3n) is 2.94. The van der Waals surface area contributed by atoms with Gasteiger partial charge in [0, 0.05) is 0 Å². The molecule has 2 heteroatoms. The van der Waals surface area contributed by atoms with Crippen LogP contribution >= 0.6 is 0 Å². The number of ether oxygens (including phenoxy) is 1. The van der Waals surface area contributed by atoms with Gasteiger partial charge < -0.3 is 9.84 Å². The zero-order valence-electron chi connectivity index (χ0n) is 9.43. The van der Waals surface area contributed by atoms with Gasteiger partial charge in [-0.2, -0.15) is 0 Å². The number of rotatable bonds is 4. The Morgan fingerprint density at radius 2 is 2.06 bits per heavy atom. The third-order valence-corrected chi connectivity index (χ3v) is 2.94. The molecule has 0 fully saturated rings. The normalized spacial score (nSPS) is 17.4. The van der Waals surface area contributed by atoms with Gasteiger partial charge in [-0.25, -0.2) is 0 Å². The zero-order valence-corrected chi connectivity index (χ0v) is 9.43. The number of aliphatic hydroxyl groups excluding tert-OH is 1. The minimum Gasteiger partial charge on any atom is -0.501 e. The molecule has 0 radical (unpaired) electrons. The van der Waals surface area contributed by atoms with Crippen LogP contribution in [0, 0.1) is 0 Å². The lowest BCUT2D eigenvalue weighted by atomic mass is 9.98. The molecule has 1 aliphatic rings. The molecule has 0 saturated heterocycles.